The maximum Gasteiger partial charge on any atom is 0.0619 e. The lowest BCUT2D eigenvalue weighted by Gasteiger charge is -2.10. The molecular weight excluding hydrogens is 196 g/mol. The van der Waals surface area contributed by atoms with Gasteiger partial charge in [-0.05, 0) is 57.2 Å². The minimum absolute atomic E-state index is 0.416. The van der Waals surface area contributed by atoms with Gasteiger partial charge in [-0.3, -0.25) is 4.99 Å². The van der Waals surface area contributed by atoms with Gasteiger partial charge in [0, 0.05) is 6.54 Å². The quantitative estimate of drug-likeness (QED) is 0.540. The summed E-state index contributed by atoms with van der Waals surface area (Å²) in [6, 6.07) is 0.416. The van der Waals surface area contributed by atoms with E-state index in [0.29, 0.717) is 6.04 Å². The highest BCUT2D eigenvalue weighted by Gasteiger charge is 2.49. The lowest BCUT2D eigenvalue weighted by atomic mass is 9.98. The Balaban J connectivity index is 1.86. The molecule has 2 aliphatic carbocycles. The molecule has 3 unspecified atom stereocenters. The number of nitrogens with zero attached hydrogens (tertiary/aromatic N) is 1. The topological polar surface area (TPSA) is 24.4 Å². The van der Waals surface area contributed by atoms with Crippen LogP contribution in [0.2, 0.25) is 0 Å². The van der Waals surface area contributed by atoms with Crippen LogP contribution < -0.4 is 5.32 Å². The van der Waals surface area contributed by atoms with E-state index in [2.05, 4.69) is 30.0 Å². The van der Waals surface area contributed by atoms with Crippen LogP contribution in [0.5, 0.6) is 0 Å². The Hall–Kier alpha value is -0.630. The Labute approximate surface area is 99.2 Å². The van der Waals surface area contributed by atoms with Crippen molar-refractivity contribution < 1.29 is 0 Å². The van der Waals surface area contributed by atoms with E-state index in [1.807, 2.05) is 7.05 Å². The molecule has 90 valence electrons. The SMILES string of the molecule is C=NC(CNC)CC1C2C=C(CC)CC[C@@H]21. The zero-order valence-corrected chi connectivity index (χ0v) is 10.6. The van der Waals surface area contributed by atoms with Gasteiger partial charge in [0.25, 0.3) is 0 Å². The number of nitrogens with one attached hydrogen (secondary N) is 1. The van der Waals surface area contributed by atoms with Crippen LogP contribution in [0.3, 0.4) is 0 Å². The minimum atomic E-state index is 0.416. The molecule has 0 aromatic rings. The maximum atomic E-state index is 4.22. The van der Waals surface area contributed by atoms with Gasteiger partial charge in [-0.15, -0.1) is 0 Å². The van der Waals surface area contributed by atoms with Crippen LogP contribution in [0.25, 0.3) is 0 Å². The lowest BCUT2D eigenvalue weighted by Crippen LogP contribution is -2.22. The van der Waals surface area contributed by atoms with Crippen LogP contribution >= 0.6 is 0 Å². The second-order valence-corrected chi connectivity index (χ2v) is 5.25. The molecule has 0 aromatic heterocycles. The molecule has 16 heavy (non-hydrogen) atoms. The van der Waals surface area contributed by atoms with E-state index in [9.17, 15) is 0 Å². The van der Waals surface area contributed by atoms with Gasteiger partial charge in [-0.2, -0.15) is 0 Å². The van der Waals surface area contributed by atoms with Crippen molar-refractivity contribution in [1.82, 2.24) is 5.32 Å². The summed E-state index contributed by atoms with van der Waals surface area (Å²) in [4.78, 5) is 4.22. The molecule has 0 amide bonds. The van der Waals surface area contributed by atoms with Gasteiger partial charge in [0.15, 0.2) is 0 Å². The average Bonchev–Trinajstić information content (AvgIpc) is 3.01. The third-order valence-electron chi connectivity index (χ3n) is 4.32. The largest absolute Gasteiger partial charge is 0.318 e. The predicted molar refractivity (Wildman–Crippen MR) is 70.0 cm³/mol. The molecule has 0 aliphatic heterocycles. The molecule has 0 bridgehead atoms. The molecule has 0 aromatic carbocycles. The van der Waals surface area contributed by atoms with Crippen LogP contribution in [0, 0.1) is 17.8 Å². The standard InChI is InChI=1S/C14H24N2/c1-4-10-5-6-12-13(7-10)14(12)8-11(16-3)9-15-2/h7,11-15H,3-6,8-9H2,1-2H3/t11?,12-,13?,14?/m0/s1. The maximum absolute atomic E-state index is 4.22. The van der Waals surface area contributed by atoms with Crippen molar-refractivity contribution in [2.45, 2.75) is 38.6 Å². The van der Waals surface area contributed by atoms with Crippen molar-refractivity contribution >= 4 is 6.72 Å². The van der Waals surface area contributed by atoms with Crippen LogP contribution in [-0.4, -0.2) is 26.4 Å². The molecule has 1 N–H and O–H groups in total. The fourth-order valence-corrected chi connectivity index (χ4v) is 3.23. The van der Waals surface area contributed by atoms with Crippen LogP contribution in [-0.2, 0) is 0 Å². The summed E-state index contributed by atoms with van der Waals surface area (Å²) in [5.41, 5.74) is 1.68. The Morgan fingerprint density at radius 1 is 1.62 bits per heavy atom. The molecule has 0 radical (unpaired) electrons. The van der Waals surface area contributed by atoms with E-state index < -0.39 is 0 Å². The first-order valence-corrected chi connectivity index (χ1v) is 6.60. The predicted octanol–water partition coefficient (Wildman–Crippen LogP) is 2.66. The van der Waals surface area contributed by atoms with E-state index in [-0.39, 0.29) is 0 Å². The number of allylic oxidation sites excluding steroid dienone is 2. The zero-order valence-electron chi connectivity index (χ0n) is 10.6. The minimum Gasteiger partial charge on any atom is -0.318 e. The highest BCUT2D eigenvalue weighted by molar-refractivity contribution is 5.25. The normalized spacial score (nSPS) is 33.9. The number of rotatable bonds is 6. The molecule has 0 saturated heterocycles. The Bertz CT molecular complexity index is 282. The highest BCUT2D eigenvalue weighted by atomic mass is 14.9. The second-order valence-electron chi connectivity index (χ2n) is 5.25. The molecule has 2 rings (SSSR count). The summed E-state index contributed by atoms with van der Waals surface area (Å²) in [5.74, 6) is 2.74. The monoisotopic (exact) mass is 220 g/mol. The smallest absolute Gasteiger partial charge is 0.0619 e. The third kappa shape index (κ3) is 2.37. The summed E-state index contributed by atoms with van der Waals surface area (Å²) in [7, 11) is 1.99. The van der Waals surface area contributed by atoms with Gasteiger partial charge in [-0.1, -0.05) is 18.6 Å². The summed E-state index contributed by atoms with van der Waals surface area (Å²) in [6.45, 7) is 6.96. The molecule has 2 nitrogen and oxygen atoms in total. The van der Waals surface area contributed by atoms with Crippen LogP contribution in [0.1, 0.15) is 32.6 Å². The molecule has 1 fully saturated rings. The number of likely N-dealkylation sites (N-methyl/N-ethyl adjacent to an activating group) is 1. The fourth-order valence-electron chi connectivity index (χ4n) is 3.23. The zero-order chi connectivity index (χ0) is 11.5. The highest BCUT2D eigenvalue weighted by Crippen LogP contribution is 2.56. The Morgan fingerprint density at radius 2 is 2.44 bits per heavy atom. The van der Waals surface area contributed by atoms with Crippen molar-refractivity contribution in [3.05, 3.63) is 11.6 Å². The van der Waals surface area contributed by atoms with E-state index >= 15 is 0 Å². The molecule has 0 heterocycles. The molecule has 2 heteroatoms. The first-order valence-electron chi connectivity index (χ1n) is 6.60. The second kappa shape index (κ2) is 5.13. The number of aliphatic imine (C=N–C) groups is 1. The van der Waals surface area contributed by atoms with E-state index in [1.54, 1.807) is 5.57 Å². The van der Waals surface area contributed by atoms with Crippen molar-refractivity contribution in [2.75, 3.05) is 13.6 Å². The summed E-state index contributed by atoms with van der Waals surface area (Å²) >= 11 is 0. The molecule has 4 atom stereocenters. The van der Waals surface area contributed by atoms with Crippen LogP contribution in [0.4, 0.5) is 0 Å². The van der Waals surface area contributed by atoms with E-state index in [0.717, 1.165) is 24.3 Å². The molecule has 1 saturated carbocycles. The third-order valence-corrected chi connectivity index (χ3v) is 4.32. The fraction of sp³-hybridized carbons (Fsp3) is 0.786. The van der Waals surface area contributed by atoms with Crippen molar-refractivity contribution in [2.24, 2.45) is 22.7 Å². The summed E-state index contributed by atoms with van der Waals surface area (Å²) in [5, 5.41) is 3.20. The van der Waals surface area contributed by atoms with Crippen molar-refractivity contribution in [3.63, 3.8) is 0 Å². The van der Waals surface area contributed by atoms with Gasteiger partial charge in [-0.25, -0.2) is 0 Å². The first kappa shape index (κ1) is 11.8. The molecule has 0 spiro atoms. The van der Waals surface area contributed by atoms with E-state index in [1.165, 1.54) is 25.7 Å². The lowest BCUT2D eigenvalue weighted by molar-refractivity contribution is 0.513. The number of fused-ring (bicyclic) bond motifs is 1. The Morgan fingerprint density at radius 3 is 3.06 bits per heavy atom. The summed E-state index contributed by atoms with van der Waals surface area (Å²) < 4.78 is 0. The van der Waals surface area contributed by atoms with Crippen molar-refractivity contribution in [3.8, 4) is 0 Å². The van der Waals surface area contributed by atoms with Gasteiger partial charge >= 0.3 is 0 Å². The first-order chi connectivity index (χ1) is 7.80. The van der Waals surface area contributed by atoms with Gasteiger partial charge < -0.3 is 5.32 Å². The number of hydrogen-bond acceptors (Lipinski definition) is 2. The van der Waals surface area contributed by atoms with Crippen molar-refractivity contribution in [1.29, 1.82) is 0 Å². The number of hydrogen-bond donors (Lipinski definition) is 1. The van der Waals surface area contributed by atoms with Gasteiger partial charge in [0.1, 0.15) is 0 Å². The van der Waals surface area contributed by atoms with E-state index in [4.69, 9.17) is 0 Å². The summed E-state index contributed by atoms with van der Waals surface area (Å²) in [6.07, 6.45) is 7.78. The Kier molecular flexibility index (Phi) is 3.80. The molecular formula is C14H24N2. The van der Waals surface area contributed by atoms with Gasteiger partial charge in [0.05, 0.1) is 6.04 Å². The van der Waals surface area contributed by atoms with Gasteiger partial charge in [0.2, 0.25) is 0 Å². The average molecular weight is 220 g/mol. The van der Waals surface area contributed by atoms with Crippen LogP contribution in [0.15, 0.2) is 16.6 Å². The molecule has 2 aliphatic rings.